The third-order valence-electron chi connectivity index (χ3n) is 0.771. The summed E-state index contributed by atoms with van der Waals surface area (Å²) in [5.41, 5.74) is 5.28. The van der Waals surface area contributed by atoms with Crippen molar-refractivity contribution in [2.75, 3.05) is 5.73 Å². The molecule has 1 rings (SSSR count). The van der Waals surface area contributed by atoms with Gasteiger partial charge in [-0.05, 0) is 12.1 Å². The van der Waals surface area contributed by atoms with Crippen LogP contribution in [0.2, 0.25) is 0 Å². The average molecular weight is 163 g/mol. The first-order chi connectivity index (χ1) is 3.79. The predicted molar refractivity (Wildman–Crippen MR) is 43.1 cm³/mol. The molecule has 2 N–H and O–H groups in total. The summed E-state index contributed by atoms with van der Waals surface area (Å²) in [6.45, 7) is 0. The zero-order chi connectivity index (χ0) is 5.98. The molecule has 0 saturated carbocycles. The average Bonchev–Trinajstić information content (AvgIpc) is 1.77. The Morgan fingerprint density at radius 3 is 2.44 bits per heavy atom. The number of anilines is 1. The first-order valence-corrected chi connectivity index (χ1v) is 2.64. The van der Waals surface area contributed by atoms with E-state index in [0.717, 1.165) is 4.90 Å². The maximum atomic E-state index is 5.28. The molecule has 0 spiro atoms. The first kappa shape index (κ1) is 8.59. The molecule has 0 atom stereocenters. The third kappa shape index (κ3) is 2.58. The molecule has 0 radical (unpaired) electrons. The van der Waals surface area contributed by atoms with E-state index in [4.69, 9.17) is 5.73 Å². The summed E-state index contributed by atoms with van der Waals surface area (Å²) < 4.78 is 0. The number of nitrogens with two attached hydrogens (primary N) is 1. The van der Waals surface area contributed by atoms with Crippen LogP contribution in [0.3, 0.4) is 0 Å². The van der Waals surface area contributed by atoms with Crippen molar-refractivity contribution in [2.45, 2.75) is 4.90 Å². The number of aromatic nitrogens is 1. The Balaban J connectivity index is 0.000000640. The van der Waals surface area contributed by atoms with Gasteiger partial charge < -0.3 is 5.73 Å². The molecule has 2 nitrogen and oxygen atoms in total. The normalized spacial score (nSPS) is 8.11. The van der Waals surface area contributed by atoms with Crippen LogP contribution in [-0.2, 0) is 0 Å². The molecular formula is C5H7ClN2S. The van der Waals surface area contributed by atoms with Gasteiger partial charge in [-0.2, -0.15) is 0 Å². The van der Waals surface area contributed by atoms with Crippen molar-refractivity contribution in [3.8, 4) is 0 Å². The first-order valence-electron chi connectivity index (χ1n) is 2.19. The smallest absolute Gasteiger partial charge is 0.123 e. The fraction of sp³-hybridized carbons (Fsp3) is 0. The number of rotatable bonds is 0. The highest BCUT2D eigenvalue weighted by molar-refractivity contribution is 7.80. The van der Waals surface area contributed by atoms with Crippen LogP contribution in [0.15, 0.2) is 23.2 Å². The fourth-order valence-corrected chi connectivity index (χ4v) is 0.530. The van der Waals surface area contributed by atoms with Gasteiger partial charge in [0, 0.05) is 11.1 Å². The molecule has 1 aromatic heterocycles. The molecule has 0 aromatic carbocycles. The molecule has 50 valence electrons. The number of nitrogen functional groups attached to an aromatic ring is 1. The van der Waals surface area contributed by atoms with Crippen molar-refractivity contribution in [2.24, 2.45) is 0 Å². The highest BCUT2D eigenvalue weighted by Gasteiger charge is 1.82. The second-order valence-electron chi connectivity index (χ2n) is 1.44. The molecule has 9 heavy (non-hydrogen) atoms. The van der Waals surface area contributed by atoms with E-state index < -0.39 is 0 Å². The maximum absolute atomic E-state index is 5.28. The van der Waals surface area contributed by atoms with Crippen molar-refractivity contribution in [3.63, 3.8) is 0 Å². The lowest BCUT2D eigenvalue weighted by Crippen LogP contribution is -1.86. The molecule has 0 aliphatic heterocycles. The third-order valence-corrected chi connectivity index (χ3v) is 1.04. The minimum atomic E-state index is 0. The molecular weight excluding hydrogens is 156 g/mol. The number of nitrogens with zero attached hydrogens (tertiary/aromatic N) is 1. The van der Waals surface area contributed by atoms with Gasteiger partial charge >= 0.3 is 0 Å². The lowest BCUT2D eigenvalue weighted by Gasteiger charge is -1.88. The number of thiol groups is 1. The van der Waals surface area contributed by atoms with Gasteiger partial charge in [-0.1, -0.05) is 0 Å². The van der Waals surface area contributed by atoms with Crippen molar-refractivity contribution in [1.82, 2.24) is 4.98 Å². The van der Waals surface area contributed by atoms with E-state index in [2.05, 4.69) is 17.6 Å². The van der Waals surface area contributed by atoms with Gasteiger partial charge in [0.15, 0.2) is 0 Å². The maximum Gasteiger partial charge on any atom is 0.123 e. The Morgan fingerprint density at radius 2 is 2.11 bits per heavy atom. The fourth-order valence-electron chi connectivity index (χ4n) is 0.397. The zero-order valence-electron chi connectivity index (χ0n) is 4.61. The van der Waals surface area contributed by atoms with Gasteiger partial charge in [0.25, 0.3) is 0 Å². The molecule has 1 heterocycles. The Hall–Kier alpha value is -0.410. The second kappa shape index (κ2) is 3.58. The summed E-state index contributed by atoms with van der Waals surface area (Å²) in [6.07, 6.45) is 1.61. The van der Waals surface area contributed by atoms with Crippen LogP contribution in [-0.4, -0.2) is 4.98 Å². The number of halogens is 1. The summed E-state index contributed by atoms with van der Waals surface area (Å²) in [7, 11) is 0. The SMILES string of the molecule is Cl.Nc1ccc(S)cn1. The minimum Gasteiger partial charge on any atom is -0.384 e. The van der Waals surface area contributed by atoms with Crippen LogP contribution < -0.4 is 5.73 Å². The van der Waals surface area contributed by atoms with E-state index in [0.29, 0.717) is 5.82 Å². The summed E-state index contributed by atoms with van der Waals surface area (Å²) in [5, 5.41) is 0. The monoisotopic (exact) mass is 162 g/mol. The molecule has 0 fully saturated rings. The number of pyridine rings is 1. The predicted octanol–water partition coefficient (Wildman–Crippen LogP) is 1.37. The molecule has 0 aliphatic rings. The quantitative estimate of drug-likeness (QED) is 0.566. The van der Waals surface area contributed by atoms with E-state index in [9.17, 15) is 0 Å². The van der Waals surface area contributed by atoms with Crippen molar-refractivity contribution >= 4 is 30.9 Å². The summed E-state index contributed by atoms with van der Waals surface area (Å²) >= 11 is 4.01. The number of hydrogen-bond donors (Lipinski definition) is 2. The summed E-state index contributed by atoms with van der Waals surface area (Å²) in [6, 6.07) is 3.51. The molecule has 1 aromatic rings. The number of hydrogen-bond acceptors (Lipinski definition) is 3. The topological polar surface area (TPSA) is 38.9 Å². The van der Waals surface area contributed by atoms with Crippen molar-refractivity contribution < 1.29 is 0 Å². The Morgan fingerprint density at radius 1 is 1.44 bits per heavy atom. The van der Waals surface area contributed by atoms with Gasteiger partial charge in [0.05, 0.1) is 0 Å². The second-order valence-corrected chi connectivity index (χ2v) is 1.96. The Kier molecular flexibility index (Phi) is 3.42. The van der Waals surface area contributed by atoms with Crippen LogP contribution in [0.4, 0.5) is 5.82 Å². The summed E-state index contributed by atoms with van der Waals surface area (Å²) in [4.78, 5) is 4.61. The van der Waals surface area contributed by atoms with Crippen LogP contribution in [0.1, 0.15) is 0 Å². The zero-order valence-corrected chi connectivity index (χ0v) is 6.32. The summed E-state index contributed by atoms with van der Waals surface area (Å²) in [5.74, 6) is 0.530. The van der Waals surface area contributed by atoms with Crippen molar-refractivity contribution in [1.29, 1.82) is 0 Å². The molecule has 0 amide bonds. The molecule has 0 bridgehead atoms. The van der Waals surface area contributed by atoms with Crippen LogP contribution in [0.5, 0.6) is 0 Å². The standard InChI is InChI=1S/C5H6N2S.ClH/c6-5-2-1-4(8)3-7-5;/h1-3,8H,(H2,6,7);1H. The van der Waals surface area contributed by atoms with Gasteiger partial charge in [0.2, 0.25) is 0 Å². The molecule has 0 saturated heterocycles. The van der Waals surface area contributed by atoms with Crippen LogP contribution >= 0.6 is 25.0 Å². The lowest BCUT2D eigenvalue weighted by atomic mass is 10.5. The molecule has 4 heteroatoms. The highest BCUT2D eigenvalue weighted by Crippen LogP contribution is 2.03. The molecule has 0 aliphatic carbocycles. The Labute approximate surface area is 65.3 Å². The largest absolute Gasteiger partial charge is 0.384 e. The Bertz CT molecular complexity index is 154. The van der Waals surface area contributed by atoms with Gasteiger partial charge in [-0.25, -0.2) is 4.98 Å². The lowest BCUT2D eigenvalue weighted by molar-refractivity contribution is 1.25. The molecule has 0 unspecified atom stereocenters. The highest BCUT2D eigenvalue weighted by atomic mass is 35.5. The van der Waals surface area contributed by atoms with E-state index >= 15 is 0 Å². The van der Waals surface area contributed by atoms with E-state index in [-0.39, 0.29) is 12.4 Å². The van der Waals surface area contributed by atoms with Gasteiger partial charge in [0.1, 0.15) is 5.82 Å². The van der Waals surface area contributed by atoms with Crippen LogP contribution in [0.25, 0.3) is 0 Å². The van der Waals surface area contributed by atoms with E-state index in [1.807, 2.05) is 0 Å². The van der Waals surface area contributed by atoms with E-state index in [1.165, 1.54) is 0 Å². The minimum absolute atomic E-state index is 0. The van der Waals surface area contributed by atoms with Gasteiger partial charge in [-0.15, -0.1) is 25.0 Å². The van der Waals surface area contributed by atoms with Gasteiger partial charge in [-0.3, -0.25) is 0 Å². The van der Waals surface area contributed by atoms with Crippen LogP contribution in [0, 0.1) is 0 Å². The van der Waals surface area contributed by atoms with E-state index in [1.54, 1.807) is 18.3 Å². The van der Waals surface area contributed by atoms with Crippen molar-refractivity contribution in [3.05, 3.63) is 18.3 Å².